The summed E-state index contributed by atoms with van der Waals surface area (Å²) in [5.74, 6) is 0.926. The van der Waals surface area contributed by atoms with Crippen molar-refractivity contribution in [2.24, 2.45) is 0 Å². The van der Waals surface area contributed by atoms with E-state index in [2.05, 4.69) is 15.5 Å². The summed E-state index contributed by atoms with van der Waals surface area (Å²) in [6.07, 6.45) is 1.62. The summed E-state index contributed by atoms with van der Waals surface area (Å²) in [6.45, 7) is 1.77. The third-order valence-corrected chi connectivity index (χ3v) is 5.40. The number of rotatable bonds is 7. The Labute approximate surface area is 179 Å². The van der Waals surface area contributed by atoms with Gasteiger partial charge in [-0.25, -0.2) is 4.68 Å². The van der Waals surface area contributed by atoms with Crippen LogP contribution in [0.1, 0.15) is 28.3 Å². The van der Waals surface area contributed by atoms with Crippen LogP contribution in [0.25, 0.3) is 0 Å². The standard InChI is InChI=1S/C21H22ClN5O3/c22-18-5-1-15(2-6-18)17-9-10-26(11-17)21(29)16-3-7-20(8-4-16)30-13-19(28)12-27-14-23-24-25-27/h1-8,14,17,19,28H,9-13H2/t17-,19+/m0/s1. The molecule has 1 aromatic heterocycles. The quantitative estimate of drug-likeness (QED) is 0.622. The minimum atomic E-state index is -0.746. The highest BCUT2D eigenvalue weighted by molar-refractivity contribution is 6.30. The molecule has 1 aliphatic heterocycles. The minimum absolute atomic E-state index is 0.0109. The van der Waals surface area contributed by atoms with Crippen LogP contribution in [-0.4, -0.2) is 61.9 Å². The number of aliphatic hydroxyl groups excluding tert-OH is 1. The van der Waals surface area contributed by atoms with Gasteiger partial charge in [0.25, 0.3) is 5.91 Å². The van der Waals surface area contributed by atoms with Gasteiger partial charge in [-0.1, -0.05) is 23.7 Å². The molecule has 30 heavy (non-hydrogen) atoms. The Bertz CT molecular complexity index is 963. The third-order valence-electron chi connectivity index (χ3n) is 5.15. The molecule has 1 aliphatic rings. The molecule has 1 fully saturated rings. The first-order chi connectivity index (χ1) is 14.6. The molecule has 156 valence electrons. The van der Waals surface area contributed by atoms with E-state index < -0.39 is 6.10 Å². The number of hydrogen-bond donors (Lipinski definition) is 1. The van der Waals surface area contributed by atoms with E-state index >= 15 is 0 Å². The van der Waals surface area contributed by atoms with Crippen LogP contribution < -0.4 is 4.74 Å². The lowest BCUT2D eigenvalue weighted by atomic mass is 9.99. The van der Waals surface area contributed by atoms with Gasteiger partial charge in [-0.05, 0) is 58.8 Å². The molecule has 1 amide bonds. The average Bonchev–Trinajstić information content (AvgIpc) is 3.45. The number of aliphatic hydroxyl groups is 1. The Morgan fingerprint density at radius 3 is 2.67 bits per heavy atom. The van der Waals surface area contributed by atoms with E-state index in [1.807, 2.05) is 29.2 Å². The van der Waals surface area contributed by atoms with Gasteiger partial charge in [0.1, 0.15) is 24.8 Å². The zero-order valence-corrected chi connectivity index (χ0v) is 17.0. The van der Waals surface area contributed by atoms with Crippen LogP contribution in [0, 0.1) is 0 Å². The summed E-state index contributed by atoms with van der Waals surface area (Å²) in [4.78, 5) is 14.7. The molecule has 2 aromatic carbocycles. The van der Waals surface area contributed by atoms with Crippen LogP contribution in [0.4, 0.5) is 0 Å². The lowest BCUT2D eigenvalue weighted by Crippen LogP contribution is -2.28. The molecule has 1 saturated heterocycles. The van der Waals surface area contributed by atoms with Crippen molar-refractivity contribution in [3.05, 3.63) is 71.0 Å². The van der Waals surface area contributed by atoms with E-state index in [0.717, 1.165) is 18.0 Å². The first-order valence-electron chi connectivity index (χ1n) is 9.75. The Balaban J connectivity index is 1.29. The maximum Gasteiger partial charge on any atom is 0.253 e. The highest BCUT2D eigenvalue weighted by atomic mass is 35.5. The summed E-state index contributed by atoms with van der Waals surface area (Å²) in [6, 6.07) is 14.8. The van der Waals surface area contributed by atoms with Gasteiger partial charge in [-0.15, -0.1) is 5.10 Å². The molecular weight excluding hydrogens is 406 g/mol. The monoisotopic (exact) mass is 427 g/mol. The first kappa shape index (κ1) is 20.3. The number of benzene rings is 2. The molecule has 0 radical (unpaired) electrons. The van der Waals surface area contributed by atoms with Crippen molar-refractivity contribution in [3.63, 3.8) is 0 Å². The van der Waals surface area contributed by atoms with Crippen LogP contribution in [0.2, 0.25) is 5.02 Å². The van der Waals surface area contributed by atoms with Crippen LogP contribution >= 0.6 is 11.6 Å². The largest absolute Gasteiger partial charge is 0.491 e. The average molecular weight is 428 g/mol. The summed E-state index contributed by atoms with van der Waals surface area (Å²) in [5.41, 5.74) is 1.83. The third kappa shape index (κ3) is 4.95. The molecule has 1 N–H and O–H groups in total. The maximum absolute atomic E-state index is 12.8. The van der Waals surface area contributed by atoms with Crippen molar-refractivity contribution in [1.82, 2.24) is 25.1 Å². The van der Waals surface area contributed by atoms with Gasteiger partial charge < -0.3 is 14.7 Å². The molecule has 0 bridgehead atoms. The zero-order chi connectivity index (χ0) is 20.9. The number of ether oxygens (including phenoxy) is 1. The van der Waals surface area contributed by atoms with Crippen LogP contribution in [0.5, 0.6) is 5.75 Å². The highest BCUT2D eigenvalue weighted by Crippen LogP contribution is 2.29. The van der Waals surface area contributed by atoms with Crippen molar-refractivity contribution in [2.75, 3.05) is 19.7 Å². The zero-order valence-electron chi connectivity index (χ0n) is 16.3. The number of hydrogen-bond acceptors (Lipinski definition) is 6. The Hall–Kier alpha value is -2.97. The number of nitrogens with zero attached hydrogens (tertiary/aromatic N) is 5. The van der Waals surface area contributed by atoms with E-state index in [0.29, 0.717) is 23.8 Å². The van der Waals surface area contributed by atoms with Gasteiger partial charge in [0.05, 0.1) is 6.54 Å². The van der Waals surface area contributed by atoms with Gasteiger partial charge in [0.2, 0.25) is 0 Å². The molecule has 3 aromatic rings. The number of carbonyl (C=O) groups is 1. The molecule has 0 aliphatic carbocycles. The van der Waals surface area contributed by atoms with E-state index in [-0.39, 0.29) is 19.1 Å². The van der Waals surface area contributed by atoms with Gasteiger partial charge in [-0.2, -0.15) is 0 Å². The molecular formula is C21H22ClN5O3. The van der Waals surface area contributed by atoms with Crippen LogP contribution in [0.15, 0.2) is 54.9 Å². The molecule has 8 nitrogen and oxygen atoms in total. The van der Waals surface area contributed by atoms with Crippen molar-refractivity contribution < 1.29 is 14.6 Å². The fraction of sp³-hybridized carbons (Fsp3) is 0.333. The summed E-state index contributed by atoms with van der Waals surface area (Å²) >= 11 is 5.96. The van der Waals surface area contributed by atoms with E-state index in [1.165, 1.54) is 16.6 Å². The molecule has 2 heterocycles. The van der Waals surface area contributed by atoms with Gasteiger partial charge >= 0.3 is 0 Å². The number of carbonyl (C=O) groups excluding carboxylic acids is 1. The van der Waals surface area contributed by atoms with Crippen molar-refractivity contribution in [3.8, 4) is 5.75 Å². The summed E-state index contributed by atoms with van der Waals surface area (Å²) in [7, 11) is 0. The molecule has 9 heteroatoms. The number of tetrazole rings is 1. The highest BCUT2D eigenvalue weighted by Gasteiger charge is 2.28. The second kappa shape index (κ2) is 9.23. The lowest BCUT2D eigenvalue weighted by Gasteiger charge is -2.17. The Morgan fingerprint density at radius 1 is 1.20 bits per heavy atom. The van der Waals surface area contributed by atoms with Crippen molar-refractivity contribution in [1.29, 1.82) is 0 Å². The predicted octanol–water partition coefficient (Wildman–Crippen LogP) is 2.40. The van der Waals surface area contributed by atoms with Crippen LogP contribution in [-0.2, 0) is 6.54 Å². The SMILES string of the molecule is O=C(c1ccc(OC[C@H](O)Cn2cnnn2)cc1)N1CC[C@H](c2ccc(Cl)cc2)C1. The second-order valence-corrected chi connectivity index (χ2v) is 7.75. The van der Waals surface area contributed by atoms with E-state index in [1.54, 1.807) is 24.3 Å². The normalized spacial score (nSPS) is 17.1. The maximum atomic E-state index is 12.8. The Morgan fingerprint density at radius 2 is 1.97 bits per heavy atom. The molecule has 2 atom stereocenters. The number of amides is 1. The van der Waals surface area contributed by atoms with Gasteiger partial charge in [0.15, 0.2) is 0 Å². The molecule has 0 saturated carbocycles. The van der Waals surface area contributed by atoms with Crippen molar-refractivity contribution in [2.45, 2.75) is 25.0 Å². The Kier molecular flexibility index (Phi) is 6.25. The van der Waals surface area contributed by atoms with E-state index in [9.17, 15) is 9.90 Å². The predicted molar refractivity (Wildman–Crippen MR) is 110 cm³/mol. The van der Waals surface area contributed by atoms with Gasteiger partial charge in [-0.3, -0.25) is 4.79 Å². The second-order valence-electron chi connectivity index (χ2n) is 7.31. The topological polar surface area (TPSA) is 93.4 Å². The molecule has 0 unspecified atom stereocenters. The minimum Gasteiger partial charge on any atom is -0.491 e. The van der Waals surface area contributed by atoms with E-state index in [4.69, 9.17) is 16.3 Å². The smallest absolute Gasteiger partial charge is 0.253 e. The molecule has 4 rings (SSSR count). The lowest BCUT2D eigenvalue weighted by molar-refractivity contribution is 0.0789. The molecule has 0 spiro atoms. The summed E-state index contributed by atoms with van der Waals surface area (Å²) in [5, 5.41) is 21.4. The fourth-order valence-electron chi connectivity index (χ4n) is 3.55. The first-order valence-corrected chi connectivity index (χ1v) is 10.1. The van der Waals surface area contributed by atoms with Gasteiger partial charge in [0, 0.05) is 29.6 Å². The van der Waals surface area contributed by atoms with Crippen molar-refractivity contribution >= 4 is 17.5 Å². The number of likely N-dealkylation sites (tertiary alicyclic amines) is 1. The summed E-state index contributed by atoms with van der Waals surface area (Å²) < 4.78 is 7.03. The van der Waals surface area contributed by atoms with Crippen LogP contribution in [0.3, 0.4) is 0 Å². The number of aromatic nitrogens is 4. The fourth-order valence-corrected chi connectivity index (χ4v) is 3.68. The number of halogens is 1.